The number of carbonyl (C=O) groups excluding carboxylic acids is 1. The lowest BCUT2D eigenvalue weighted by Gasteiger charge is -2.17. The Kier molecular flexibility index (Phi) is 4.92. The van der Waals surface area contributed by atoms with Gasteiger partial charge in [-0.2, -0.15) is 0 Å². The highest BCUT2D eigenvalue weighted by molar-refractivity contribution is 8.13. The Labute approximate surface area is 103 Å². The summed E-state index contributed by atoms with van der Waals surface area (Å²) in [5, 5.41) is 19.2. The summed E-state index contributed by atoms with van der Waals surface area (Å²) in [7, 11) is 0. The Morgan fingerprint density at radius 3 is 2.71 bits per heavy atom. The first-order valence-corrected chi connectivity index (χ1v) is 5.94. The maximum absolute atomic E-state index is 13.1. The molecule has 1 aromatic carbocycles. The SMILES string of the molecule is CC(=O)SCC(O)C(O)c1ccc(N)c(F)c1. The van der Waals surface area contributed by atoms with Crippen LogP contribution in [0.2, 0.25) is 0 Å². The van der Waals surface area contributed by atoms with Crippen molar-refractivity contribution in [1.82, 2.24) is 0 Å². The largest absolute Gasteiger partial charge is 0.396 e. The number of rotatable bonds is 4. The molecule has 17 heavy (non-hydrogen) atoms. The minimum Gasteiger partial charge on any atom is -0.396 e. The molecule has 0 bridgehead atoms. The second kappa shape index (κ2) is 6.00. The predicted molar refractivity (Wildman–Crippen MR) is 64.9 cm³/mol. The highest BCUT2D eigenvalue weighted by Crippen LogP contribution is 2.22. The summed E-state index contributed by atoms with van der Waals surface area (Å²) < 4.78 is 13.1. The average Bonchev–Trinajstić information content (AvgIpc) is 2.28. The first-order chi connectivity index (χ1) is 7.91. The topological polar surface area (TPSA) is 83.5 Å². The molecule has 94 valence electrons. The lowest BCUT2D eigenvalue weighted by Crippen LogP contribution is -2.21. The van der Waals surface area contributed by atoms with Gasteiger partial charge in [-0.25, -0.2) is 4.39 Å². The van der Waals surface area contributed by atoms with Crippen LogP contribution in [0.3, 0.4) is 0 Å². The molecule has 4 nitrogen and oxygen atoms in total. The van der Waals surface area contributed by atoms with E-state index in [4.69, 9.17) is 5.73 Å². The van der Waals surface area contributed by atoms with Gasteiger partial charge in [0.15, 0.2) is 5.12 Å². The Balaban J connectivity index is 2.70. The number of aliphatic hydroxyl groups excluding tert-OH is 2. The van der Waals surface area contributed by atoms with E-state index in [1.165, 1.54) is 19.1 Å². The molecule has 1 rings (SSSR count). The quantitative estimate of drug-likeness (QED) is 0.705. The van der Waals surface area contributed by atoms with Crippen LogP contribution in [0, 0.1) is 5.82 Å². The van der Waals surface area contributed by atoms with Gasteiger partial charge in [0.05, 0.1) is 11.8 Å². The Hall–Kier alpha value is -1.11. The zero-order valence-electron chi connectivity index (χ0n) is 9.26. The van der Waals surface area contributed by atoms with Crippen molar-refractivity contribution in [1.29, 1.82) is 0 Å². The molecule has 0 amide bonds. The average molecular weight is 259 g/mol. The van der Waals surface area contributed by atoms with E-state index in [0.717, 1.165) is 17.8 Å². The van der Waals surface area contributed by atoms with Gasteiger partial charge in [0, 0.05) is 12.7 Å². The number of anilines is 1. The third-order valence-corrected chi connectivity index (χ3v) is 3.10. The fourth-order valence-corrected chi connectivity index (χ4v) is 1.83. The maximum atomic E-state index is 13.1. The number of carbonyl (C=O) groups is 1. The Morgan fingerprint density at radius 1 is 1.53 bits per heavy atom. The van der Waals surface area contributed by atoms with Crippen LogP contribution >= 0.6 is 11.8 Å². The number of nitrogen functional groups attached to an aromatic ring is 1. The number of halogens is 1. The molecule has 0 aliphatic heterocycles. The molecule has 0 heterocycles. The maximum Gasteiger partial charge on any atom is 0.185 e. The molecular formula is C11H14FNO3S. The predicted octanol–water partition coefficient (Wildman–Crippen LogP) is 1.08. The molecule has 0 saturated carbocycles. The van der Waals surface area contributed by atoms with Crippen LogP contribution in [-0.2, 0) is 4.79 Å². The second-order valence-electron chi connectivity index (χ2n) is 3.60. The lowest BCUT2D eigenvalue weighted by molar-refractivity contribution is -0.109. The van der Waals surface area contributed by atoms with E-state index in [-0.39, 0.29) is 22.1 Å². The molecule has 0 aliphatic rings. The van der Waals surface area contributed by atoms with Crippen molar-refractivity contribution in [2.24, 2.45) is 0 Å². The zero-order valence-corrected chi connectivity index (χ0v) is 10.1. The standard InChI is InChI=1S/C11H14FNO3S/c1-6(14)17-5-10(15)11(16)7-2-3-9(13)8(12)4-7/h2-4,10-11,15-16H,5,13H2,1H3. The molecule has 6 heteroatoms. The third-order valence-electron chi connectivity index (χ3n) is 2.19. The Bertz CT molecular complexity index is 414. The normalized spacial score (nSPS) is 14.4. The van der Waals surface area contributed by atoms with E-state index < -0.39 is 18.0 Å². The van der Waals surface area contributed by atoms with Crippen molar-refractivity contribution < 1.29 is 19.4 Å². The summed E-state index contributed by atoms with van der Waals surface area (Å²) in [6.07, 6.45) is -2.37. The van der Waals surface area contributed by atoms with Crippen molar-refractivity contribution in [2.75, 3.05) is 11.5 Å². The van der Waals surface area contributed by atoms with Crippen LogP contribution in [0.25, 0.3) is 0 Å². The van der Waals surface area contributed by atoms with Gasteiger partial charge in [-0.3, -0.25) is 4.79 Å². The van der Waals surface area contributed by atoms with Crippen molar-refractivity contribution >= 4 is 22.6 Å². The number of aliphatic hydroxyl groups is 2. The van der Waals surface area contributed by atoms with E-state index in [1.807, 2.05) is 0 Å². The number of benzene rings is 1. The number of hydrogen-bond acceptors (Lipinski definition) is 5. The fourth-order valence-electron chi connectivity index (χ4n) is 1.24. The van der Waals surface area contributed by atoms with Crippen molar-refractivity contribution in [2.45, 2.75) is 19.1 Å². The van der Waals surface area contributed by atoms with Crippen molar-refractivity contribution in [3.05, 3.63) is 29.6 Å². The molecule has 0 fully saturated rings. The smallest absolute Gasteiger partial charge is 0.185 e. The molecule has 2 atom stereocenters. The number of thioether (sulfide) groups is 1. The molecule has 0 radical (unpaired) electrons. The van der Waals surface area contributed by atoms with Crippen LogP contribution in [0.4, 0.5) is 10.1 Å². The molecule has 0 aliphatic carbocycles. The number of nitrogens with two attached hydrogens (primary N) is 1. The number of hydrogen-bond donors (Lipinski definition) is 3. The Morgan fingerprint density at radius 2 is 2.18 bits per heavy atom. The van der Waals surface area contributed by atoms with E-state index in [9.17, 15) is 19.4 Å². The summed E-state index contributed by atoms with van der Waals surface area (Å²) in [6, 6.07) is 3.82. The second-order valence-corrected chi connectivity index (χ2v) is 4.79. The molecule has 0 saturated heterocycles. The molecule has 4 N–H and O–H groups in total. The molecule has 2 unspecified atom stereocenters. The van der Waals surface area contributed by atoms with Crippen LogP contribution in [0.15, 0.2) is 18.2 Å². The monoisotopic (exact) mass is 259 g/mol. The summed E-state index contributed by atoms with van der Waals surface area (Å²) >= 11 is 0.902. The molecular weight excluding hydrogens is 245 g/mol. The van der Waals surface area contributed by atoms with E-state index >= 15 is 0 Å². The van der Waals surface area contributed by atoms with Gasteiger partial charge >= 0.3 is 0 Å². The summed E-state index contributed by atoms with van der Waals surface area (Å²) in [5.41, 5.74) is 5.51. The third kappa shape index (κ3) is 3.99. The van der Waals surface area contributed by atoms with Gasteiger partial charge in [0.25, 0.3) is 0 Å². The van der Waals surface area contributed by atoms with Crippen molar-refractivity contribution in [3.63, 3.8) is 0 Å². The van der Waals surface area contributed by atoms with Crippen LogP contribution in [0.1, 0.15) is 18.6 Å². The summed E-state index contributed by atoms with van der Waals surface area (Å²) in [4.78, 5) is 10.7. The highest BCUT2D eigenvalue weighted by atomic mass is 32.2. The molecule has 0 aromatic heterocycles. The fraction of sp³-hybridized carbons (Fsp3) is 0.364. The lowest BCUT2D eigenvalue weighted by atomic mass is 10.0. The first-order valence-electron chi connectivity index (χ1n) is 4.96. The van der Waals surface area contributed by atoms with E-state index in [2.05, 4.69) is 0 Å². The van der Waals surface area contributed by atoms with E-state index in [0.29, 0.717) is 0 Å². The van der Waals surface area contributed by atoms with Gasteiger partial charge in [0.2, 0.25) is 0 Å². The first kappa shape index (κ1) is 14.0. The van der Waals surface area contributed by atoms with Gasteiger partial charge in [-0.05, 0) is 17.7 Å². The van der Waals surface area contributed by atoms with Crippen molar-refractivity contribution in [3.8, 4) is 0 Å². The highest BCUT2D eigenvalue weighted by Gasteiger charge is 2.19. The molecule has 0 spiro atoms. The van der Waals surface area contributed by atoms with Crippen LogP contribution < -0.4 is 5.73 Å². The summed E-state index contributed by atoms with van der Waals surface area (Å²) in [6.45, 7) is 1.37. The van der Waals surface area contributed by atoms with Crippen LogP contribution in [-0.4, -0.2) is 27.2 Å². The molecule has 1 aromatic rings. The van der Waals surface area contributed by atoms with Crippen LogP contribution in [0.5, 0.6) is 0 Å². The zero-order chi connectivity index (χ0) is 13.0. The van der Waals surface area contributed by atoms with Gasteiger partial charge in [-0.1, -0.05) is 17.8 Å². The minimum absolute atomic E-state index is 0.0199. The van der Waals surface area contributed by atoms with E-state index in [1.54, 1.807) is 0 Å². The van der Waals surface area contributed by atoms with Gasteiger partial charge < -0.3 is 15.9 Å². The van der Waals surface area contributed by atoms with Gasteiger partial charge in [0.1, 0.15) is 11.9 Å². The van der Waals surface area contributed by atoms with Gasteiger partial charge in [-0.15, -0.1) is 0 Å². The minimum atomic E-state index is -1.24. The summed E-state index contributed by atoms with van der Waals surface area (Å²) in [5.74, 6) is -0.587.